The van der Waals surface area contributed by atoms with E-state index in [1.807, 2.05) is 0 Å². The average Bonchev–Trinajstić information content (AvgIpc) is 2.47. The van der Waals surface area contributed by atoms with Crippen molar-refractivity contribution in [3.63, 3.8) is 0 Å². The maximum Gasteiger partial charge on any atom is 0.0378 e. The van der Waals surface area contributed by atoms with Crippen LogP contribution < -0.4 is 11.1 Å². The number of aryl methyl sites for hydroxylation is 1. The molecular formula is C12H18N2. The van der Waals surface area contributed by atoms with Gasteiger partial charge < -0.3 is 11.1 Å². The molecular weight excluding hydrogens is 172 g/mol. The maximum absolute atomic E-state index is 5.81. The number of benzene rings is 1. The first-order valence-electron chi connectivity index (χ1n) is 5.27. The molecule has 2 nitrogen and oxygen atoms in total. The predicted molar refractivity (Wildman–Crippen MR) is 60.6 cm³/mol. The van der Waals surface area contributed by atoms with Crippen LogP contribution in [-0.2, 0) is 6.42 Å². The Morgan fingerprint density at radius 3 is 3.00 bits per heavy atom. The van der Waals surface area contributed by atoms with Crippen molar-refractivity contribution in [3.05, 3.63) is 29.3 Å². The van der Waals surface area contributed by atoms with E-state index < -0.39 is 0 Å². The lowest BCUT2D eigenvalue weighted by Gasteiger charge is -2.13. The van der Waals surface area contributed by atoms with Gasteiger partial charge >= 0.3 is 0 Å². The van der Waals surface area contributed by atoms with E-state index in [-0.39, 0.29) is 6.04 Å². The Morgan fingerprint density at radius 1 is 1.57 bits per heavy atom. The number of anilines is 1. The first-order chi connectivity index (χ1) is 6.66. The molecule has 2 rings (SSSR count). The number of nitrogens with one attached hydrogen (secondary N) is 1. The first-order valence-corrected chi connectivity index (χ1v) is 5.27. The minimum absolute atomic E-state index is 0.280. The molecule has 0 saturated carbocycles. The number of hydrogen-bond acceptors (Lipinski definition) is 2. The molecule has 2 atom stereocenters. The van der Waals surface area contributed by atoms with Crippen molar-refractivity contribution < 1.29 is 0 Å². The molecule has 0 spiro atoms. The van der Waals surface area contributed by atoms with E-state index in [9.17, 15) is 0 Å². The summed E-state index contributed by atoms with van der Waals surface area (Å²) in [6.07, 6.45) is 2.18. The zero-order valence-electron chi connectivity index (χ0n) is 8.88. The fraction of sp³-hybridized carbons (Fsp3) is 0.500. The van der Waals surface area contributed by atoms with Crippen LogP contribution >= 0.6 is 0 Å². The highest BCUT2D eigenvalue weighted by atomic mass is 15.0. The minimum atomic E-state index is 0.280. The quantitative estimate of drug-likeness (QED) is 0.749. The highest BCUT2D eigenvalue weighted by Crippen LogP contribution is 2.29. The van der Waals surface area contributed by atoms with E-state index in [4.69, 9.17) is 5.73 Å². The van der Waals surface area contributed by atoms with Crippen molar-refractivity contribution in [3.8, 4) is 0 Å². The van der Waals surface area contributed by atoms with Gasteiger partial charge in [0.15, 0.2) is 0 Å². The largest absolute Gasteiger partial charge is 0.382 e. The summed E-state index contributed by atoms with van der Waals surface area (Å²) < 4.78 is 0. The molecule has 1 aromatic rings. The molecule has 0 amide bonds. The lowest BCUT2D eigenvalue weighted by atomic mass is 10.0. The van der Waals surface area contributed by atoms with Crippen LogP contribution in [0.3, 0.4) is 0 Å². The van der Waals surface area contributed by atoms with Gasteiger partial charge in [0.2, 0.25) is 0 Å². The lowest BCUT2D eigenvalue weighted by molar-refractivity contribution is 0.586. The van der Waals surface area contributed by atoms with Crippen molar-refractivity contribution in [1.82, 2.24) is 0 Å². The van der Waals surface area contributed by atoms with E-state index in [0.717, 1.165) is 12.8 Å². The molecule has 1 aliphatic heterocycles. The van der Waals surface area contributed by atoms with Gasteiger partial charge in [0, 0.05) is 17.8 Å². The summed E-state index contributed by atoms with van der Waals surface area (Å²) in [6.45, 7) is 4.24. The van der Waals surface area contributed by atoms with E-state index in [0.29, 0.717) is 6.04 Å². The molecule has 76 valence electrons. The van der Waals surface area contributed by atoms with Crippen LogP contribution in [0.4, 0.5) is 5.69 Å². The van der Waals surface area contributed by atoms with E-state index in [2.05, 4.69) is 37.4 Å². The van der Waals surface area contributed by atoms with Gasteiger partial charge in [0.1, 0.15) is 0 Å². The third-order valence-electron chi connectivity index (χ3n) is 2.88. The molecule has 0 bridgehead atoms. The number of nitrogens with two attached hydrogens (primary N) is 1. The van der Waals surface area contributed by atoms with Crippen LogP contribution in [-0.4, -0.2) is 12.1 Å². The van der Waals surface area contributed by atoms with Crippen LogP contribution in [0, 0.1) is 6.92 Å². The molecule has 0 radical (unpaired) electrons. The van der Waals surface area contributed by atoms with Crippen molar-refractivity contribution in [1.29, 1.82) is 0 Å². The minimum Gasteiger partial charge on any atom is -0.382 e. The van der Waals surface area contributed by atoms with Gasteiger partial charge in [-0.3, -0.25) is 0 Å². The topological polar surface area (TPSA) is 38.0 Å². The number of rotatable bonds is 2. The molecule has 2 unspecified atom stereocenters. The Balaban J connectivity index is 2.14. The molecule has 1 aliphatic rings. The van der Waals surface area contributed by atoms with Gasteiger partial charge in [-0.2, -0.15) is 0 Å². The smallest absolute Gasteiger partial charge is 0.0378 e. The molecule has 1 aromatic carbocycles. The molecule has 14 heavy (non-hydrogen) atoms. The fourth-order valence-electron chi connectivity index (χ4n) is 2.22. The predicted octanol–water partition coefficient (Wildman–Crippen LogP) is 2.07. The number of fused-ring (bicyclic) bond motifs is 1. The Bertz CT molecular complexity index is 331. The Labute approximate surface area is 85.5 Å². The molecule has 0 saturated heterocycles. The monoisotopic (exact) mass is 190 g/mol. The Hall–Kier alpha value is -1.02. The number of hydrogen-bond donors (Lipinski definition) is 2. The van der Waals surface area contributed by atoms with E-state index in [1.165, 1.54) is 16.8 Å². The highest BCUT2D eigenvalue weighted by molar-refractivity contribution is 5.59. The summed E-state index contributed by atoms with van der Waals surface area (Å²) in [7, 11) is 0. The first kappa shape index (κ1) is 9.53. The standard InChI is InChI=1S/C12H18N2/c1-8-4-3-5-12-11(8)7-10(14-12)6-9(2)13/h3-5,9-10,14H,6-7,13H2,1-2H3. The normalized spacial score (nSPS) is 21.5. The van der Waals surface area contributed by atoms with Gasteiger partial charge in [-0.1, -0.05) is 12.1 Å². The van der Waals surface area contributed by atoms with Crippen LogP contribution in [0.25, 0.3) is 0 Å². The van der Waals surface area contributed by atoms with Crippen molar-refractivity contribution in [2.45, 2.75) is 38.8 Å². The molecule has 0 aliphatic carbocycles. The van der Waals surface area contributed by atoms with Gasteiger partial charge in [0.25, 0.3) is 0 Å². The summed E-state index contributed by atoms with van der Waals surface area (Å²) in [4.78, 5) is 0. The van der Waals surface area contributed by atoms with Crippen LogP contribution in [0.1, 0.15) is 24.5 Å². The van der Waals surface area contributed by atoms with Gasteiger partial charge in [0.05, 0.1) is 0 Å². The molecule has 0 fully saturated rings. The Morgan fingerprint density at radius 2 is 2.36 bits per heavy atom. The molecule has 1 heterocycles. The van der Waals surface area contributed by atoms with Crippen molar-refractivity contribution in [2.24, 2.45) is 5.73 Å². The van der Waals surface area contributed by atoms with Crippen LogP contribution in [0.15, 0.2) is 18.2 Å². The van der Waals surface area contributed by atoms with E-state index in [1.54, 1.807) is 0 Å². The summed E-state index contributed by atoms with van der Waals surface area (Å²) >= 11 is 0. The summed E-state index contributed by atoms with van der Waals surface area (Å²) in [5.74, 6) is 0. The van der Waals surface area contributed by atoms with Crippen molar-refractivity contribution in [2.75, 3.05) is 5.32 Å². The third-order valence-corrected chi connectivity index (χ3v) is 2.88. The van der Waals surface area contributed by atoms with Gasteiger partial charge in [-0.15, -0.1) is 0 Å². The van der Waals surface area contributed by atoms with Gasteiger partial charge in [-0.05, 0) is 43.9 Å². The second-order valence-corrected chi connectivity index (χ2v) is 4.36. The zero-order chi connectivity index (χ0) is 10.1. The third kappa shape index (κ3) is 1.75. The second kappa shape index (κ2) is 3.62. The maximum atomic E-state index is 5.81. The van der Waals surface area contributed by atoms with Gasteiger partial charge in [-0.25, -0.2) is 0 Å². The zero-order valence-corrected chi connectivity index (χ0v) is 8.88. The van der Waals surface area contributed by atoms with E-state index >= 15 is 0 Å². The molecule has 0 aromatic heterocycles. The SMILES string of the molecule is Cc1cccc2c1CC(CC(C)N)N2. The van der Waals surface area contributed by atoms with Crippen LogP contribution in [0.2, 0.25) is 0 Å². The lowest BCUT2D eigenvalue weighted by Crippen LogP contribution is -2.26. The fourth-order valence-corrected chi connectivity index (χ4v) is 2.22. The summed E-state index contributed by atoms with van der Waals surface area (Å²) in [6, 6.07) is 7.25. The summed E-state index contributed by atoms with van der Waals surface area (Å²) in [5.41, 5.74) is 9.97. The highest BCUT2D eigenvalue weighted by Gasteiger charge is 2.22. The Kier molecular flexibility index (Phi) is 2.46. The summed E-state index contributed by atoms with van der Waals surface area (Å²) in [5, 5.41) is 3.53. The van der Waals surface area contributed by atoms with Crippen LogP contribution in [0.5, 0.6) is 0 Å². The van der Waals surface area contributed by atoms with Crippen molar-refractivity contribution >= 4 is 5.69 Å². The average molecular weight is 190 g/mol. The second-order valence-electron chi connectivity index (χ2n) is 4.36. The molecule has 2 heteroatoms. The molecule has 3 N–H and O–H groups in total.